The van der Waals surface area contributed by atoms with Crippen molar-refractivity contribution >= 4 is 34.5 Å². The molecule has 1 aromatic carbocycles. The molecule has 19 heavy (non-hydrogen) atoms. The van der Waals surface area contributed by atoms with Crippen LogP contribution in [-0.4, -0.2) is 12.4 Å². The molecule has 3 N–H and O–H groups in total. The van der Waals surface area contributed by atoms with Crippen molar-refractivity contribution in [3.05, 3.63) is 51.2 Å². The summed E-state index contributed by atoms with van der Waals surface area (Å²) in [4.78, 5) is 3.45. The number of rotatable bonds is 5. The van der Waals surface area contributed by atoms with Crippen molar-refractivity contribution in [2.45, 2.75) is 13.5 Å². The van der Waals surface area contributed by atoms with E-state index in [4.69, 9.17) is 22.7 Å². The van der Waals surface area contributed by atoms with Gasteiger partial charge in [0.2, 0.25) is 0 Å². The van der Waals surface area contributed by atoms with Crippen LogP contribution in [0, 0.1) is 5.41 Å². The molecule has 0 saturated heterocycles. The van der Waals surface area contributed by atoms with Crippen LogP contribution in [-0.2, 0) is 6.54 Å². The van der Waals surface area contributed by atoms with E-state index in [1.54, 1.807) is 23.5 Å². The summed E-state index contributed by atoms with van der Waals surface area (Å²) in [6.45, 7) is 3.71. The standard InChI is InChI=1S/C14H16ClN3S/c1-2-18(9-11-4-3-7-19-11)13-8-10(15)5-6-12(13)14(16)17/h3-8H,2,9H2,1H3,(H3,16,17). The van der Waals surface area contributed by atoms with Crippen molar-refractivity contribution in [2.75, 3.05) is 11.4 Å². The molecule has 0 spiro atoms. The van der Waals surface area contributed by atoms with E-state index in [9.17, 15) is 0 Å². The molecule has 0 atom stereocenters. The second-order valence-electron chi connectivity index (χ2n) is 4.17. The molecule has 5 heteroatoms. The van der Waals surface area contributed by atoms with Crippen LogP contribution >= 0.6 is 22.9 Å². The number of nitrogens with zero attached hydrogens (tertiary/aromatic N) is 1. The highest BCUT2D eigenvalue weighted by molar-refractivity contribution is 7.09. The number of anilines is 1. The third kappa shape index (κ3) is 3.28. The first-order valence-electron chi connectivity index (χ1n) is 6.03. The fraction of sp³-hybridized carbons (Fsp3) is 0.214. The monoisotopic (exact) mass is 293 g/mol. The van der Waals surface area contributed by atoms with Gasteiger partial charge in [-0.25, -0.2) is 0 Å². The maximum absolute atomic E-state index is 7.68. The Morgan fingerprint density at radius 2 is 2.21 bits per heavy atom. The molecule has 0 saturated carbocycles. The molecular formula is C14H16ClN3S. The highest BCUT2D eigenvalue weighted by Crippen LogP contribution is 2.26. The van der Waals surface area contributed by atoms with Gasteiger partial charge < -0.3 is 10.6 Å². The molecule has 3 nitrogen and oxygen atoms in total. The Hall–Kier alpha value is -1.52. The zero-order chi connectivity index (χ0) is 13.8. The first kappa shape index (κ1) is 13.9. The maximum atomic E-state index is 7.68. The molecule has 100 valence electrons. The van der Waals surface area contributed by atoms with E-state index >= 15 is 0 Å². The lowest BCUT2D eigenvalue weighted by atomic mass is 10.1. The van der Waals surface area contributed by atoms with E-state index < -0.39 is 0 Å². The predicted octanol–water partition coefficient (Wildman–Crippen LogP) is 3.71. The van der Waals surface area contributed by atoms with Gasteiger partial charge in [-0.1, -0.05) is 17.7 Å². The normalized spacial score (nSPS) is 10.4. The van der Waals surface area contributed by atoms with E-state index in [1.165, 1.54) is 4.88 Å². The lowest BCUT2D eigenvalue weighted by Crippen LogP contribution is -2.25. The fourth-order valence-corrected chi connectivity index (χ4v) is 2.84. The first-order chi connectivity index (χ1) is 9.11. The van der Waals surface area contributed by atoms with Gasteiger partial charge in [0.1, 0.15) is 5.84 Å². The summed E-state index contributed by atoms with van der Waals surface area (Å²) < 4.78 is 0. The largest absolute Gasteiger partial charge is 0.384 e. The number of halogens is 1. The van der Waals surface area contributed by atoms with Gasteiger partial charge in [-0.2, -0.15) is 0 Å². The molecule has 0 unspecified atom stereocenters. The molecule has 0 amide bonds. The van der Waals surface area contributed by atoms with Gasteiger partial charge in [-0.15, -0.1) is 11.3 Å². The molecule has 0 bridgehead atoms. The number of thiophene rings is 1. The Balaban J connectivity index is 2.36. The smallest absolute Gasteiger partial charge is 0.124 e. The summed E-state index contributed by atoms with van der Waals surface area (Å²) in [5.41, 5.74) is 7.28. The summed E-state index contributed by atoms with van der Waals surface area (Å²) >= 11 is 7.79. The number of benzene rings is 1. The quantitative estimate of drug-likeness (QED) is 0.652. The Labute approximate surface area is 122 Å². The van der Waals surface area contributed by atoms with Crippen molar-refractivity contribution in [3.8, 4) is 0 Å². The van der Waals surface area contributed by atoms with Crippen molar-refractivity contribution in [1.82, 2.24) is 0 Å². The zero-order valence-electron chi connectivity index (χ0n) is 10.7. The Bertz CT molecular complexity index is 566. The highest BCUT2D eigenvalue weighted by atomic mass is 35.5. The molecule has 0 aliphatic carbocycles. The van der Waals surface area contributed by atoms with E-state index in [2.05, 4.69) is 23.3 Å². The minimum atomic E-state index is 0.0660. The summed E-state index contributed by atoms with van der Waals surface area (Å²) in [5.74, 6) is 0.0660. The fourth-order valence-electron chi connectivity index (χ4n) is 1.95. The van der Waals surface area contributed by atoms with Crippen molar-refractivity contribution in [3.63, 3.8) is 0 Å². The molecule has 0 aliphatic rings. The SMILES string of the molecule is CCN(Cc1cccs1)c1cc(Cl)ccc1C(=N)N. The molecule has 0 radical (unpaired) electrons. The Kier molecular flexibility index (Phi) is 4.45. The molecule has 2 aromatic rings. The number of amidine groups is 1. The average molecular weight is 294 g/mol. The van der Waals surface area contributed by atoms with Gasteiger partial charge in [-0.3, -0.25) is 5.41 Å². The summed E-state index contributed by atoms with van der Waals surface area (Å²) in [5, 5.41) is 10.4. The Morgan fingerprint density at radius 3 is 2.79 bits per heavy atom. The van der Waals surface area contributed by atoms with Gasteiger partial charge >= 0.3 is 0 Å². The minimum Gasteiger partial charge on any atom is -0.384 e. The van der Waals surface area contributed by atoms with Crippen molar-refractivity contribution in [1.29, 1.82) is 5.41 Å². The minimum absolute atomic E-state index is 0.0660. The summed E-state index contributed by atoms with van der Waals surface area (Å²) in [6.07, 6.45) is 0. The van der Waals surface area contributed by atoms with Crippen LogP contribution in [0.25, 0.3) is 0 Å². The van der Waals surface area contributed by atoms with Crippen molar-refractivity contribution in [2.24, 2.45) is 5.73 Å². The number of hydrogen-bond donors (Lipinski definition) is 2. The van der Waals surface area contributed by atoms with E-state index in [-0.39, 0.29) is 5.84 Å². The topological polar surface area (TPSA) is 53.1 Å². The maximum Gasteiger partial charge on any atom is 0.124 e. The number of nitrogens with one attached hydrogen (secondary N) is 1. The number of hydrogen-bond acceptors (Lipinski definition) is 3. The molecule has 0 fully saturated rings. The van der Waals surface area contributed by atoms with Gasteiger partial charge in [-0.05, 0) is 36.6 Å². The average Bonchev–Trinajstić information content (AvgIpc) is 2.88. The molecule has 2 rings (SSSR count). The number of nitrogens with two attached hydrogens (primary N) is 1. The van der Waals surface area contributed by atoms with Crippen LogP contribution in [0.15, 0.2) is 35.7 Å². The zero-order valence-corrected chi connectivity index (χ0v) is 12.3. The van der Waals surface area contributed by atoms with Gasteiger partial charge in [0.05, 0.1) is 6.54 Å². The van der Waals surface area contributed by atoms with Crippen LogP contribution < -0.4 is 10.6 Å². The lowest BCUT2D eigenvalue weighted by Gasteiger charge is -2.25. The van der Waals surface area contributed by atoms with Crippen LogP contribution in [0.2, 0.25) is 5.02 Å². The molecule has 1 heterocycles. The second-order valence-corrected chi connectivity index (χ2v) is 5.64. The van der Waals surface area contributed by atoms with E-state index in [0.29, 0.717) is 5.02 Å². The summed E-state index contributed by atoms with van der Waals surface area (Å²) in [6, 6.07) is 9.58. The van der Waals surface area contributed by atoms with Gasteiger partial charge in [0.25, 0.3) is 0 Å². The second kappa shape index (κ2) is 6.08. The van der Waals surface area contributed by atoms with Crippen LogP contribution in [0.4, 0.5) is 5.69 Å². The van der Waals surface area contributed by atoms with Crippen molar-refractivity contribution < 1.29 is 0 Å². The summed E-state index contributed by atoms with van der Waals surface area (Å²) in [7, 11) is 0. The molecule has 1 aromatic heterocycles. The molecular weight excluding hydrogens is 278 g/mol. The predicted molar refractivity (Wildman–Crippen MR) is 83.5 cm³/mol. The van der Waals surface area contributed by atoms with Crippen LogP contribution in [0.5, 0.6) is 0 Å². The van der Waals surface area contributed by atoms with E-state index in [0.717, 1.165) is 24.3 Å². The van der Waals surface area contributed by atoms with Gasteiger partial charge in [0.15, 0.2) is 0 Å². The first-order valence-corrected chi connectivity index (χ1v) is 7.29. The van der Waals surface area contributed by atoms with E-state index in [1.807, 2.05) is 12.1 Å². The molecule has 0 aliphatic heterocycles. The Morgan fingerprint density at radius 1 is 1.42 bits per heavy atom. The van der Waals surface area contributed by atoms with Gasteiger partial charge in [0, 0.05) is 27.7 Å². The third-order valence-electron chi connectivity index (χ3n) is 2.90. The lowest BCUT2D eigenvalue weighted by molar-refractivity contribution is 0.841. The highest BCUT2D eigenvalue weighted by Gasteiger charge is 2.13. The van der Waals surface area contributed by atoms with Crippen LogP contribution in [0.1, 0.15) is 17.4 Å². The van der Waals surface area contributed by atoms with Crippen LogP contribution in [0.3, 0.4) is 0 Å². The number of nitrogen functional groups attached to an aromatic ring is 1. The third-order valence-corrected chi connectivity index (χ3v) is 4.00.